The number of hydrogen-bond acceptors (Lipinski definition) is 4. The molecule has 2 aromatic rings. The summed E-state index contributed by atoms with van der Waals surface area (Å²) in [4.78, 5) is 4.60. The van der Waals surface area contributed by atoms with Crippen LogP contribution >= 0.6 is 11.3 Å². The number of nitrogens with two attached hydrogens (primary N) is 1. The lowest BCUT2D eigenvalue weighted by Gasteiger charge is -2.13. The monoisotopic (exact) mass is 290 g/mol. The molecule has 0 saturated heterocycles. The SMILES string of the molecule is Cc1cccc(CCN)c1OCc1csc(C(C)C)n1. The molecule has 1 aromatic carbocycles. The minimum atomic E-state index is 0.472. The maximum absolute atomic E-state index is 5.99. The van der Waals surface area contributed by atoms with Crippen LogP contribution in [0.25, 0.3) is 0 Å². The highest BCUT2D eigenvalue weighted by Crippen LogP contribution is 2.26. The average Bonchev–Trinajstić information content (AvgIpc) is 2.87. The average molecular weight is 290 g/mol. The van der Waals surface area contributed by atoms with Crippen molar-refractivity contribution in [3.8, 4) is 5.75 Å². The number of rotatable bonds is 6. The Bertz CT molecular complexity index is 563. The normalized spacial score (nSPS) is 11.1. The van der Waals surface area contributed by atoms with Crippen molar-refractivity contribution < 1.29 is 4.74 Å². The minimum Gasteiger partial charge on any atom is -0.487 e. The molecule has 0 aliphatic carbocycles. The van der Waals surface area contributed by atoms with E-state index in [1.54, 1.807) is 11.3 Å². The maximum Gasteiger partial charge on any atom is 0.131 e. The number of benzene rings is 1. The van der Waals surface area contributed by atoms with E-state index in [0.717, 1.165) is 28.4 Å². The van der Waals surface area contributed by atoms with Crippen molar-refractivity contribution in [2.75, 3.05) is 6.54 Å². The second-order valence-corrected chi connectivity index (χ2v) is 6.11. The van der Waals surface area contributed by atoms with Crippen molar-refractivity contribution in [3.05, 3.63) is 45.4 Å². The zero-order valence-corrected chi connectivity index (χ0v) is 13.2. The maximum atomic E-state index is 5.99. The number of para-hydroxylation sites is 1. The molecule has 0 aliphatic heterocycles. The van der Waals surface area contributed by atoms with E-state index in [1.807, 2.05) is 6.07 Å². The summed E-state index contributed by atoms with van der Waals surface area (Å²) in [5, 5.41) is 3.24. The van der Waals surface area contributed by atoms with E-state index in [4.69, 9.17) is 10.5 Å². The van der Waals surface area contributed by atoms with Crippen molar-refractivity contribution in [1.82, 2.24) is 4.98 Å². The molecular weight excluding hydrogens is 268 g/mol. The molecule has 0 saturated carbocycles. The number of nitrogens with zero attached hydrogens (tertiary/aromatic N) is 1. The Labute approximate surface area is 124 Å². The van der Waals surface area contributed by atoms with Gasteiger partial charge in [0.1, 0.15) is 12.4 Å². The molecule has 0 unspecified atom stereocenters. The predicted octanol–water partition coefficient (Wildman–Crippen LogP) is 3.66. The molecule has 0 aliphatic rings. The van der Waals surface area contributed by atoms with E-state index < -0.39 is 0 Å². The molecule has 0 radical (unpaired) electrons. The first kappa shape index (κ1) is 15.0. The third-order valence-electron chi connectivity index (χ3n) is 3.13. The molecule has 20 heavy (non-hydrogen) atoms. The smallest absolute Gasteiger partial charge is 0.131 e. The van der Waals surface area contributed by atoms with Gasteiger partial charge in [-0.25, -0.2) is 4.98 Å². The molecule has 0 amide bonds. The van der Waals surface area contributed by atoms with Crippen molar-refractivity contribution >= 4 is 11.3 Å². The summed E-state index contributed by atoms with van der Waals surface area (Å²) in [5.74, 6) is 1.43. The fourth-order valence-electron chi connectivity index (χ4n) is 2.07. The Balaban J connectivity index is 2.09. The molecule has 1 heterocycles. The largest absolute Gasteiger partial charge is 0.487 e. The highest BCUT2D eigenvalue weighted by Gasteiger charge is 2.09. The van der Waals surface area contributed by atoms with Crippen LogP contribution in [-0.2, 0) is 13.0 Å². The Kier molecular flexibility index (Phi) is 5.15. The van der Waals surface area contributed by atoms with Gasteiger partial charge in [0.25, 0.3) is 0 Å². The van der Waals surface area contributed by atoms with Crippen LogP contribution in [0.15, 0.2) is 23.6 Å². The summed E-state index contributed by atoms with van der Waals surface area (Å²) in [5.41, 5.74) is 8.98. The van der Waals surface area contributed by atoms with E-state index in [-0.39, 0.29) is 0 Å². The van der Waals surface area contributed by atoms with Gasteiger partial charge < -0.3 is 10.5 Å². The molecule has 108 valence electrons. The fourth-order valence-corrected chi connectivity index (χ4v) is 2.89. The summed E-state index contributed by atoms with van der Waals surface area (Å²) < 4.78 is 5.99. The number of aromatic nitrogens is 1. The molecule has 0 fully saturated rings. The van der Waals surface area contributed by atoms with Gasteiger partial charge in [-0.1, -0.05) is 32.0 Å². The minimum absolute atomic E-state index is 0.472. The first-order chi connectivity index (χ1) is 9.61. The number of hydrogen-bond donors (Lipinski definition) is 1. The summed E-state index contributed by atoms with van der Waals surface area (Å²) in [7, 11) is 0. The third kappa shape index (κ3) is 3.58. The molecule has 0 atom stereocenters. The van der Waals surface area contributed by atoms with Crippen molar-refractivity contribution in [3.63, 3.8) is 0 Å². The van der Waals surface area contributed by atoms with E-state index in [9.17, 15) is 0 Å². The van der Waals surface area contributed by atoms with Crippen LogP contribution in [0.5, 0.6) is 5.75 Å². The van der Waals surface area contributed by atoms with Gasteiger partial charge in [-0.05, 0) is 31.0 Å². The number of aryl methyl sites for hydroxylation is 1. The predicted molar refractivity (Wildman–Crippen MR) is 84.5 cm³/mol. The van der Waals surface area contributed by atoms with E-state index >= 15 is 0 Å². The van der Waals surface area contributed by atoms with Crippen LogP contribution in [0.4, 0.5) is 0 Å². The Morgan fingerprint density at radius 2 is 2.15 bits per heavy atom. The Morgan fingerprint density at radius 3 is 2.80 bits per heavy atom. The van der Waals surface area contributed by atoms with Crippen molar-refractivity contribution in [2.24, 2.45) is 5.73 Å². The van der Waals surface area contributed by atoms with E-state index in [2.05, 4.69) is 43.3 Å². The van der Waals surface area contributed by atoms with Gasteiger partial charge in [0.2, 0.25) is 0 Å². The lowest BCUT2D eigenvalue weighted by molar-refractivity contribution is 0.296. The van der Waals surface area contributed by atoms with Gasteiger partial charge in [-0.2, -0.15) is 0 Å². The second-order valence-electron chi connectivity index (χ2n) is 5.22. The van der Waals surface area contributed by atoms with Crippen molar-refractivity contribution in [2.45, 2.75) is 39.7 Å². The zero-order valence-electron chi connectivity index (χ0n) is 12.3. The van der Waals surface area contributed by atoms with E-state index in [1.165, 1.54) is 5.56 Å². The van der Waals surface area contributed by atoms with Crippen LogP contribution in [0, 0.1) is 6.92 Å². The van der Waals surface area contributed by atoms with Gasteiger partial charge in [0.05, 0.1) is 10.7 Å². The molecule has 0 bridgehead atoms. The molecular formula is C16H22N2OS. The van der Waals surface area contributed by atoms with Crippen LogP contribution in [0.2, 0.25) is 0 Å². The topological polar surface area (TPSA) is 48.1 Å². The summed E-state index contributed by atoms with van der Waals surface area (Å²) >= 11 is 1.70. The summed E-state index contributed by atoms with van der Waals surface area (Å²) in [6.45, 7) is 7.53. The molecule has 2 N–H and O–H groups in total. The van der Waals surface area contributed by atoms with Gasteiger partial charge in [0.15, 0.2) is 0 Å². The summed E-state index contributed by atoms with van der Waals surface area (Å²) in [6.07, 6.45) is 0.839. The molecule has 0 spiro atoms. The highest BCUT2D eigenvalue weighted by molar-refractivity contribution is 7.09. The molecule has 2 rings (SSSR count). The van der Waals surface area contributed by atoms with Gasteiger partial charge >= 0.3 is 0 Å². The quantitative estimate of drug-likeness (QED) is 0.883. The van der Waals surface area contributed by atoms with Crippen LogP contribution < -0.4 is 10.5 Å². The second kappa shape index (κ2) is 6.86. The first-order valence-corrected chi connectivity index (χ1v) is 7.85. The molecule has 3 nitrogen and oxygen atoms in total. The third-order valence-corrected chi connectivity index (χ3v) is 4.33. The standard InChI is InChI=1S/C16H22N2OS/c1-11(2)16-18-14(10-20-16)9-19-15-12(3)5-4-6-13(15)7-8-17/h4-6,10-11H,7-9,17H2,1-3H3. The number of ether oxygens (including phenoxy) is 1. The fraction of sp³-hybridized carbons (Fsp3) is 0.438. The Hall–Kier alpha value is -1.39. The number of thiazole rings is 1. The van der Waals surface area contributed by atoms with Crippen LogP contribution in [0.1, 0.15) is 41.6 Å². The lowest BCUT2D eigenvalue weighted by Crippen LogP contribution is -2.06. The molecule has 4 heteroatoms. The lowest BCUT2D eigenvalue weighted by atomic mass is 10.1. The highest BCUT2D eigenvalue weighted by atomic mass is 32.1. The van der Waals surface area contributed by atoms with Gasteiger partial charge in [0, 0.05) is 11.3 Å². The first-order valence-electron chi connectivity index (χ1n) is 6.97. The van der Waals surface area contributed by atoms with Crippen LogP contribution in [-0.4, -0.2) is 11.5 Å². The Morgan fingerprint density at radius 1 is 1.35 bits per heavy atom. The van der Waals surface area contributed by atoms with Crippen LogP contribution in [0.3, 0.4) is 0 Å². The van der Waals surface area contributed by atoms with Crippen molar-refractivity contribution in [1.29, 1.82) is 0 Å². The zero-order chi connectivity index (χ0) is 14.5. The molecule has 1 aromatic heterocycles. The van der Waals surface area contributed by atoms with E-state index in [0.29, 0.717) is 19.1 Å². The summed E-state index contributed by atoms with van der Waals surface area (Å²) in [6, 6.07) is 6.19. The van der Waals surface area contributed by atoms with Gasteiger partial charge in [-0.15, -0.1) is 11.3 Å². The van der Waals surface area contributed by atoms with Gasteiger partial charge in [-0.3, -0.25) is 0 Å².